The van der Waals surface area contributed by atoms with E-state index in [0.29, 0.717) is 37.3 Å². The Hall–Kier alpha value is -2.71. The van der Waals surface area contributed by atoms with Gasteiger partial charge in [-0.25, -0.2) is 4.39 Å². The zero-order chi connectivity index (χ0) is 24.5. The first-order chi connectivity index (χ1) is 14.9. The fourth-order valence-corrected chi connectivity index (χ4v) is 3.36. The lowest BCUT2D eigenvalue weighted by molar-refractivity contribution is -0.274. The summed E-state index contributed by atoms with van der Waals surface area (Å²) in [7, 11) is 1.45. The summed E-state index contributed by atoms with van der Waals surface area (Å²) in [5.74, 6) is -2.82. The van der Waals surface area contributed by atoms with Crippen LogP contribution in [0.15, 0.2) is 29.3 Å². The molecule has 1 rings (SSSR count). The molecule has 9 heteroatoms. The van der Waals surface area contributed by atoms with Crippen LogP contribution >= 0.6 is 0 Å². The van der Waals surface area contributed by atoms with Crippen molar-refractivity contribution < 1.29 is 31.9 Å². The van der Waals surface area contributed by atoms with E-state index in [1.165, 1.54) is 13.1 Å². The molecule has 1 amide bonds. The molecule has 5 nitrogen and oxygen atoms in total. The van der Waals surface area contributed by atoms with Gasteiger partial charge in [-0.2, -0.15) is 0 Å². The third-order valence-corrected chi connectivity index (χ3v) is 5.03. The van der Waals surface area contributed by atoms with Crippen LogP contribution < -0.4 is 10.1 Å². The molecule has 0 radical (unpaired) electrons. The number of amides is 1. The molecule has 1 aromatic rings. The van der Waals surface area contributed by atoms with Crippen LogP contribution in [0.3, 0.4) is 0 Å². The highest BCUT2D eigenvalue weighted by Crippen LogP contribution is 2.29. The first kappa shape index (κ1) is 27.3. The molecule has 0 fully saturated rings. The Morgan fingerprint density at radius 1 is 1.19 bits per heavy atom. The van der Waals surface area contributed by atoms with E-state index in [9.17, 15) is 27.2 Å². The van der Waals surface area contributed by atoms with Crippen molar-refractivity contribution in [1.29, 1.82) is 0 Å². The summed E-state index contributed by atoms with van der Waals surface area (Å²) in [4.78, 5) is 28.8. The summed E-state index contributed by atoms with van der Waals surface area (Å²) >= 11 is 0. The van der Waals surface area contributed by atoms with Crippen molar-refractivity contribution in [2.24, 2.45) is 16.8 Å². The number of nitrogens with zero attached hydrogens (tertiary/aromatic N) is 1. The van der Waals surface area contributed by atoms with Crippen LogP contribution in [0.5, 0.6) is 5.75 Å². The average molecular weight is 458 g/mol. The van der Waals surface area contributed by atoms with E-state index < -0.39 is 29.8 Å². The molecule has 1 N–H and O–H groups in total. The second-order valence-electron chi connectivity index (χ2n) is 7.36. The summed E-state index contributed by atoms with van der Waals surface area (Å²) in [5.41, 5.74) is 0.661. The van der Waals surface area contributed by atoms with Crippen LogP contribution in [-0.2, 0) is 9.59 Å². The maximum absolute atomic E-state index is 14.0. The first-order valence-electron chi connectivity index (χ1n) is 10.5. The summed E-state index contributed by atoms with van der Waals surface area (Å²) in [6.07, 6.45) is -1.68. The number of Topliss-reactive ketones (excluding diaryl/α,β-unsaturated/α-hetero) is 1. The number of amidine groups is 1. The zero-order valence-corrected chi connectivity index (χ0v) is 19.0. The smallest absolute Gasteiger partial charge is 0.406 e. The van der Waals surface area contributed by atoms with E-state index in [1.807, 2.05) is 6.92 Å². The zero-order valence-electron chi connectivity index (χ0n) is 19.0. The Kier molecular flexibility index (Phi) is 10.6. The highest BCUT2D eigenvalue weighted by atomic mass is 19.4. The largest absolute Gasteiger partial charge is 0.573 e. The molecule has 0 aliphatic carbocycles. The molecule has 2 atom stereocenters. The highest BCUT2D eigenvalue weighted by Gasteiger charge is 2.31. The van der Waals surface area contributed by atoms with E-state index in [-0.39, 0.29) is 23.1 Å². The highest BCUT2D eigenvalue weighted by molar-refractivity contribution is 6.08. The Labute approximate surface area is 185 Å². The summed E-state index contributed by atoms with van der Waals surface area (Å²) in [6.45, 7) is 7.10. The number of halogens is 4. The molecule has 0 aromatic heterocycles. The number of nitrogens with one attached hydrogen (secondary N) is 1. The van der Waals surface area contributed by atoms with Crippen molar-refractivity contribution in [1.82, 2.24) is 5.32 Å². The number of allylic oxidation sites excluding steroid dienone is 1. The number of ether oxygens (including phenoxy) is 1. The third kappa shape index (κ3) is 8.43. The van der Waals surface area contributed by atoms with Crippen LogP contribution in [0.1, 0.15) is 58.9 Å². The number of ketones is 1. The number of carbonyl (C=O) groups excluding carboxylic acids is 2. The van der Waals surface area contributed by atoms with E-state index >= 15 is 0 Å². The number of hydrogen-bond acceptors (Lipinski definition) is 4. The second kappa shape index (κ2) is 12.4. The van der Waals surface area contributed by atoms with E-state index in [4.69, 9.17) is 0 Å². The van der Waals surface area contributed by atoms with Gasteiger partial charge in [-0.1, -0.05) is 34.1 Å². The maximum Gasteiger partial charge on any atom is 0.573 e. The Balaban J connectivity index is 3.24. The maximum atomic E-state index is 14.0. The van der Waals surface area contributed by atoms with Gasteiger partial charge in [0.15, 0.2) is 0 Å². The van der Waals surface area contributed by atoms with E-state index in [2.05, 4.69) is 15.0 Å². The molecule has 32 heavy (non-hydrogen) atoms. The van der Waals surface area contributed by atoms with Gasteiger partial charge in [-0.15, -0.1) is 13.2 Å². The van der Waals surface area contributed by atoms with Crippen molar-refractivity contribution in [3.05, 3.63) is 35.7 Å². The second-order valence-corrected chi connectivity index (χ2v) is 7.36. The standard InChI is InChI=1S/C23H30F4N2O3/c1-6-9-15(16-10-17(24)13-18(11-16)32-23(25,26)27)12-21(28-5)29-22(31)19(7-2)14(4)20(30)8-3/h10-14,19H,6-9H2,1-5H3,(H,28,29,31)/b15-12+/t14?,19-/m0/s1. The van der Waals surface area contributed by atoms with Gasteiger partial charge in [0.05, 0.1) is 0 Å². The lowest BCUT2D eigenvalue weighted by Gasteiger charge is -2.21. The molecule has 0 spiro atoms. The number of alkyl halides is 3. The SMILES string of the molecule is CCC/C(=C\C(=NC)NC(=O)[C@@H](CC)C(C)C(=O)CC)c1cc(F)cc(OC(F)(F)F)c1. The van der Waals surface area contributed by atoms with Gasteiger partial charge in [-0.3, -0.25) is 14.6 Å². The first-order valence-corrected chi connectivity index (χ1v) is 10.5. The van der Waals surface area contributed by atoms with Crippen LogP contribution in [0.25, 0.3) is 5.57 Å². The molecule has 0 bridgehead atoms. The van der Waals surface area contributed by atoms with Crippen molar-refractivity contribution in [3.63, 3.8) is 0 Å². The lowest BCUT2D eigenvalue weighted by atomic mass is 9.86. The molecule has 1 unspecified atom stereocenters. The topological polar surface area (TPSA) is 67.8 Å². The molecule has 0 saturated carbocycles. The average Bonchev–Trinajstić information content (AvgIpc) is 2.70. The minimum atomic E-state index is -4.95. The Morgan fingerprint density at radius 2 is 1.84 bits per heavy atom. The molecule has 0 heterocycles. The summed E-state index contributed by atoms with van der Waals surface area (Å²) in [6, 6.07) is 2.83. The van der Waals surface area contributed by atoms with Crippen molar-refractivity contribution in [2.75, 3.05) is 7.05 Å². The summed E-state index contributed by atoms with van der Waals surface area (Å²) < 4.78 is 55.5. The van der Waals surface area contributed by atoms with Crippen LogP contribution in [0, 0.1) is 17.7 Å². The molecular weight excluding hydrogens is 428 g/mol. The molecule has 0 saturated heterocycles. The molecule has 0 aliphatic heterocycles. The third-order valence-electron chi connectivity index (χ3n) is 5.03. The molecular formula is C23H30F4N2O3. The minimum absolute atomic E-state index is 0.0267. The lowest BCUT2D eigenvalue weighted by Crippen LogP contribution is -2.39. The van der Waals surface area contributed by atoms with Crippen LogP contribution in [0.2, 0.25) is 0 Å². The predicted octanol–water partition coefficient (Wildman–Crippen LogP) is 5.69. The normalized spacial score (nSPS) is 14.7. The number of benzene rings is 1. The Bertz CT molecular complexity index is 863. The van der Waals surface area contributed by atoms with Crippen molar-refractivity contribution in [2.45, 2.75) is 59.7 Å². The van der Waals surface area contributed by atoms with Crippen LogP contribution in [0.4, 0.5) is 17.6 Å². The van der Waals surface area contributed by atoms with Gasteiger partial charge in [0.1, 0.15) is 23.2 Å². The number of rotatable bonds is 10. The number of aliphatic imine (C=N–C) groups is 1. The monoisotopic (exact) mass is 458 g/mol. The predicted molar refractivity (Wildman–Crippen MR) is 116 cm³/mol. The fourth-order valence-electron chi connectivity index (χ4n) is 3.36. The van der Waals surface area contributed by atoms with Gasteiger partial charge < -0.3 is 10.1 Å². The molecule has 1 aromatic carbocycles. The fraction of sp³-hybridized carbons (Fsp3) is 0.522. The summed E-state index contributed by atoms with van der Waals surface area (Å²) in [5, 5.41) is 2.68. The van der Waals surface area contributed by atoms with Crippen molar-refractivity contribution in [3.8, 4) is 5.75 Å². The van der Waals surface area contributed by atoms with Gasteiger partial charge in [0.2, 0.25) is 5.91 Å². The molecule has 178 valence electrons. The van der Waals surface area contributed by atoms with E-state index in [1.54, 1.807) is 20.8 Å². The van der Waals surface area contributed by atoms with Gasteiger partial charge in [0.25, 0.3) is 0 Å². The number of carbonyl (C=O) groups is 2. The van der Waals surface area contributed by atoms with Crippen molar-refractivity contribution >= 4 is 23.1 Å². The van der Waals surface area contributed by atoms with Gasteiger partial charge in [-0.05, 0) is 42.2 Å². The minimum Gasteiger partial charge on any atom is -0.406 e. The molecule has 0 aliphatic rings. The van der Waals surface area contributed by atoms with Gasteiger partial charge >= 0.3 is 6.36 Å². The van der Waals surface area contributed by atoms with Gasteiger partial charge in [0, 0.05) is 31.4 Å². The van der Waals surface area contributed by atoms with E-state index in [0.717, 1.165) is 12.1 Å². The number of hydrogen-bond donors (Lipinski definition) is 1. The Morgan fingerprint density at radius 3 is 2.34 bits per heavy atom. The quantitative estimate of drug-likeness (QED) is 0.278. The van der Waals surface area contributed by atoms with Crippen LogP contribution in [-0.4, -0.2) is 30.9 Å².